The molecule has 0 spiro atoms. The maximum absolute atomic E-state index is 13.1. The number of amides is 1. The van der Waals surface area contributed by atoms with Gasteiger partial charge >= 0.3 is 0 Å². The molecular formula is C19H27N3O3S. The van der Waals surface area contributed by atoms with E-state index < -0.39 is 10.0 Å². The molecule has 26 heavy (non-hydrogen) atoms. The van der Waals surface area contributed by atoms with E-state index in [1.165, 1.54) is 19.3 Å². The van der Waals surface area contributed by atoms with Crippen LogP contribution in [-0.2, 0) is 21.2 Å². The first-order valence-electron chi connectivity index (χ1n) is 9.69. The number of nitrogens with one attached hydrogen (secondary N) is 2. The summed E-state index contributed by atoms with van der Waals surface area (Å²) in [5.74, 6) is 0.705. The summed E-state index contributed by atoms with van der Waals surface area (Å²) in [4.78, 5) is 15.2. The van der Waals surface area contributed by atoms with Crippen LogP contribution in [0.4, 0.5) is 5.69 Å². The molecule has 1 aliphatic carbocycles. The maximum Gasteiger partial charge on any atom is 0.244 e. The van der Waals surface area contributed by atoms with Gasteiger partial charge in [0.05, 0.1) is 10.9 Å². The number of carbonyl (C=O) groups excluding carboxylic acids is 1. The Morgan fingerprint density at radius 3 is 2.88 bits per heavy atom. The summed E-state index contributed by atoms with van der Waals surface area (Å²) in [7, 11) is -3.52. The minimum Gasteiger partial charge on any atom is -0.310 e. The van der Waals surface area contributed by atoms with E-state index in [2.05, 4.69) is 10.0 Å². The van der Waals surface area contributed by atoms with Gasteiger partial charge in [0.2, 0.25) is 15.9 Å². The highest BCUT2D eigenvalue weighted by atomic mass is 32.2. The fourth-order valence-corrected chi connectivity index (χ4v) is 5.79. The van der Waals surface area contributed by atoms with E-state index in [0.29, 0.717) is 25.0 Å². The molecule has 0 aromatic heterocycles. The lowest BCUT2D eigenvalue weighted by molar-refractivity contribution is -0.120. The van der Waals surface area contributed by atoms with Gasteiger partial charge in [0.1, 0.15) is 0 Å². The maximum atomic E-state index is 13.1. The highest BCUT2D eigenvalue weighted by molar-refractivity contribution is 7.89. The number of anilines is 1. The van der Waals surface area contributed by atoms with Crippen molar-refractivity contribution >= 4 is 21.6 Å². The van der Waals surface area contributed by atoms with Gasteiger partial charge in [-0.3, -0.25) is 4.79 Å². The molecule has 2 fully saturated rings. The standard InChI is InChI=1S/C19H27N3O3S/c1-2-20-26(24,25)15-8-7-13-9-10-22(18(13)12-15)19(23)17-11-14-5-3-4-6-16(14)21-17/h7-8,12,14,16-17,20-21H,2-6,9-11H2,1H3. The number of hydrogen-bond acceptors (Lipinski definition) is 4. The van der Waals surface area contributed by atoms with E-state index in [4.69, 9.17) is 0 Å². The second-order valence-electron chi connectivity index (χ2n) is 7.64. The topological polar surface area (TPSA) is 78.5 Å². The number of carbonyl (C=O) groups is 1. The fraction of sp³-hybridized carbons (Fsp3) is 0.632. The van der Waals surface area contributed by atoms with Gasteiger partial charge in [0, 0.05) is 24.8 Å². The third-order valence-electron chi connectivity index (χ3n) is 6.02. The molecule has 3 unspecified atom stereocenters. The average molecular weight is 378 g/mol. The number of nitrogens with zero attached hydrogens (tertiary/aromatic N) is 1. The molecule has 1 amide bonds. The number of fused-ring (bicyclic) bond motifs is 2. The van der Waals surface area contributed by atoms with Gasteiger partial charge in [-0.25, -0.2) is 13.1 Å². The van der Waals surface area contributed by atoms with Crippen LogP contribution < -0.4 is 14.9 Å². The molecule has 2 heterocycles. The number of hydrogen-bond donors (Lipinski definition) is 2. The van der Waals surface area contributed by atoms with Crippen LogP contribution in [0.15, 0.2) is 23.1 Å². The molecule has 142 valence electrons. The van der Waals surface area contributed by atoms with E-state index in [1.807, 2.05) is 6.07 Å². The van der Waals surface area contributed by atoms with Crippen LogP contribution in [0.2, 0.25) is 0 Å². The Morgan fingerprint density at radius 1 is 1.31 bits per heavy atom. The van der Waals surface area contributed by atoms with Crippen molar-refractivity contribution in [1.29, 1.82) is 0 Å². The predicted octanol–water partition coefficient (Wildman–Crippen LogP) is 1.79. The van der Waals surface area contributed by atoms with E-state index in [-0.39, 0.29) is 16.8 Å². The summed E-state index contributed by atoms with van der Waals surface area (Å²) < 4.78 is 27.1. The van der Waals surface area contributed by atoms with Crippen molar-refractivity contribution in [1.82, 2.24) is 10.0 Å². The van der Waals surface area contributed by atoms with Gasteiger partial charge in [0.15, 0.2) is 0 Å². The quantitative estimate of drug-likeness (QED) is 0.839. The Labute approximate surface area is 155 Å². The minimum absolute atomic E-state index is 0.0937. The van der Waals surface area contributed by atoms with Crippen molar-refractivity contribution < 1.29 is 13.2 Å². The second kappa shape index (κ2) is 6.94. The normalized spacial score (nSPS) is 28.0. The molecule has 1 saturated carbocycles. The largest absolute Gasteiger partial charge is 0.310 e. The van der Waals surface area contributed by atoms with Gasteiger partial charge in [-0.15, -0.1) is 0 Å². The molecule has 1 saturated heterocycles. The molecule has 4 rings (SSSR count). The van der Waals surface area contributed by atoms with Crippen molar-refractivity contribution in [3.05, 3.63) is 23.8 Å². The van der Waals surface area contributed by atoms with Gasteiger partial charge in [-0.1, -0.05) is 25.8 Å². The van der Waals surface area contributed by atoms with Gasteiger partial charge in [0.25, 0.3) is 0 Å². The Hall–Kier alpha value is -1.44. The zero-order valence-corrected chi connectivity index (χ0v) is 16.0. The first-order valence-corrected chi connectivity index (χ1v) is 11.2. The van der Waals surface area contributed by atoms with Crippen molar-refractivity contribution in [2.45, 2.75) is 62.4 Å². The molecular weight excluding hydrogens is 350 g/mol. The molecule has 3 aliphatic rings. The monoisotopic (exact) mass is 377 g/mol. The summed E-state index contributed by atoms with van der Waals surface area (Å²) in [5.41, 5.74) is 1.80. The molecule has 7 heteroatoms. The highest BCUT2D eigenvalue weighted by Crippen LogP contribution is 2.36. The Bertz CT molecular complexity index is 794. The summed E-state index contributed by atoms with van der Waals surface area (Å²) in [6.07, 6.45) is 6.57. The van der Waals surface area contributed by atoms with Gasteiger partial charge in [-0.2, -0.15) is 0 Å². The van der Waals surface area contributed by atoms with Crippen LogP contribution in [0.1, 0.15) is 44.6 Å². The van der Waals surface area contributed by atoms with E-state index >= 15 is 0 Å². The third kappa shape index (κ3) is 3.17. The molecule has 0 bridgehead atoms. The SMILES string of the molecule is CCNS(=O)(=O)c1ccc2c(c1)N(C(=O)C1CC3CCCCC3N1)CC2. The lowest BCUT2D eigenvalue weighted by atomic mass is 9.85. The molecule has 2 N–H and O–H groups in total. The zero-order chi connectivity index (χ0) is 18.3. The average Bonchev–Trinajstić information content (AvgIpc) is 3.24. The van der Waals surface area contributed by atoms with E-state index in [1.54, 1.807) is 24.0 Å². The van der Waals surface area contributed by atoms with Crippen molar-refractivity contribution in [2.75, 3.05) is 18.0 Å². The van der Waals surface area contributed by atoms with Gasteiger partial charge < -0.3 is 10.2 Å². The van der Waals surface area contributed by atoms with Crippen molar-refractivity contribution in [3.8, 4) is 0 Å². The molecule has 1 aromatic rings. The van der Waals surface area contributed by atoms with Crippen LogP contribution in [0.5, 0.6) is 0 Å². The second-order valence-corrected chi connectivity index (χ2v) is 9.40. The Kier molecular flexibility index (Phi) is 4.79. The molecule has 6 nitrogen and oxygen atoms in total. The summed E-state index contributed by atoms with van der Waals surface area (Å²) in [5, 5.41) is 3.54. The lowest BCUT2D eigenvalue weighted by Crippen LogP contribution is -2.45. The summed E-state index contributed by atoms with van der Waals surface area (Å²) >= 11 is 0. The number of benzene rings is 1. The van der Waals surface area contributed by atoms with E-state index in [0.717, 1.165) is 30.5 Å². The van der Waals surface area contributed by atoms with Crippen LogP contribution >= 0.6 is 0 Å². The molecule has 2 aliphatic heterocycles. The third-order valence-corrected chi connectivity index (χ3v) is 7.57. The smallest absolute Gasteiger partial charge is 0.244 e. The first kappa shape index (κ1) is 17.9. The number of rotatable bonds is 4. The van der Waals surface area contributed by atoms with Crippen LogP contribution in [0.3, 0.4) is 0 Å². The predicted molar refractivity (Wildman–Crippen MR) is 101 cm³/mol. The fourth-order valence-electron chi connectivity index (χ4n) is 4.73. The molecule has 1 aromatic carbocycles. The van der Waals surface area contributed by atoms with Crippen molar-refractivity contribution in [2.24, 2.45) is 5.92 Å². The Morgan fingerprint density at radius 2 is 2.12 bits per heavy atom. The molecule has 0 radical (unpaired) electrons. The van der Waals surface area contributed by atoms with Crippen LogP contribution in [0, 0.1) is 5.92 Å². The highest BCUT2D eigenvalue weighted by Gasteiger charge is 2.41. The lowest BCUT2D eigenvalue weighted by Gasteiger charge is -2.24. The van der Waals surface area contributed by atoms with E-state index in [9.17, 15) is 13.2 Å². The summed E-state index contributed by atoms with van der Waals surface area (Å²) in [6, 6.07) is 5.46. The Balaban J connectivity index is 1.56. The van der Waals surface area contributed by atoms with Crippen LogP contribution in [0.25, 0.3) is 0 Å². The minimum atomic E-state index is -3.52. The van der Waals surface area contributed by atoms with Gasteiger partial charge in [-0.05, 0) is 49.3 Å². The van der Waals surface area contributed by atoms with Crippen molar-refractivity contribution in [3.63, 3.8) is 0 Å². The first-order chi connectivity index (χ1) is 12.5. The zero-order valence-electron chi connectivity index (χ0n) is 15.2. The number of sulfonamides is 1. The molecule has 3 atom stereocenters. The summed E-state index contributed by atoms with van der Waals surface area (Å²) in [6.45, 7) is 2.73. The van der Waals surface area contributed by atoms with Crippen LogP contribution in [-0.4, -0.2) is 39.5 Å².